The van der Waals surface area contributed by atoms with Crippen LogP contribution in [0.2, 0.25) is 0 Å². The number of aromatic amines is 1. The molecule has 3 heterocycles. The van der Waals surface area contributed by atoms with E-state index in [0.29, 0.717) is 11.6 Å². The Morgan fingerprint density at radius 3 is 2.83 bits per heavy atom. The molecule has 0 aromatic carbocycles. The van der Waals surface area contributed by atoms with Crippen molar-refractivity contribution in [1.29, 1.82) is 0 Å². The molecule has 8 heteroatoms. The van der Waals surface area contributed by atoms with Gasteiger partial charge in [0.25, 0.3) is 5.91 Å². The van der Waals surface area contributed by atoms with Crippen molar-refractivity contribution in [2.75, 3.05) is 18.0 Å². The molecule has 0 radical (unpaired) electrons. The Hall–Kier alpha value is -2.51. The molecule has 2 N–H and O–H groups in total. The fraction of sp³-hybridized carbons (Fsp3) is 0.533. The van der Waals surface area contributed by atoms with E-state index in [2.05, 4.69) is 41.7 Å². The first-order chi connectivity index (χ1) is 11.3. The van der Waals surface area contributed by atoms with Crippen LogP contribution in [0.15, 0.2) is 18.6 Å². The summed E-state index contributed by atoms with van der Waals surface area (Å²) in [6.07, 6.45) is 7.36. The molecule has 2 aliphatic rings. The van der Waals surface area contributed by atoms with E-state index >= 15 is 0 Å². The third-order valence-electron chi connectivity index (χ3n) is 4.64. The first-order valence-electron chi connectivity index (χ1n) is 8.03. The molecule has 23 heavy (non-hydrogen) atoms. The van der Waals surface area contributed by atoms with Crippen LogP contribution in [0.5, 0.6) is 0 Å². The number of carbonyl (C=O) groups excluding carboxylic acids is 1. The number of amides is 1. The topological polar surface area (TPSA) is 99.7 Å². The van der Waals surface area contributed by atoms with Gasteiger partial charge in [-0.2, -0.15) is 15.4 Å². The molecule has 0 atom stereocenters. The van der Waals surface area contributed by atoms with Crippen LogP contribution in [-0.2, 0) is 0 Å². The number of hydrogen-bond donors (Lipinski definition) is 2. The molecule has 0 spiro atoms. The minimum absolute atomic E-state index is 0.175. The SMILES string of the molecule is O=C(NC1CC(c2cc(N3CCCC3)ncn2)C1)c1cn[nH]n1. The zero-order valence-electron chi connectivity index (χ0n) is 12.8. The maximum absolute atomic E-state index is 11.9. The molecular formula is C15H19N7O. The molecule has 1 amide bonds. The Kier molecular flexibility index (Phi) is 3.64. The number of aromatic nitrogens is 5. The second-order valence-electron chi connectivity index (χ2n) is 6.19. The standard InChI is InChI=1S/C15H19N7O/c23-15(13-8-18-21-20-13)19-11-5-10(6-11)12-7-14(17-9-16-12)22-3-1-2-4-22/h7-11H,1-6H2,(H,19,23)(H,18,20,21). The van der Waals surface area contributed by atoms with E-state index in [1.165, 1.54) is 19.0 Å². The fourth-order valence-electron chi connectivity index (χ4n) is 3.25. The van der Waals surface area contributed by atoms with Gasteiger partial charge < -0.3 is 10.2 Å². The van der Waals surface area contributed by atoms with E-state index < -0.39 is 0 Å². The third-order valence-corrected chi connectivity index (χ3v) is 4.64. The Morgan fingerprint density at radius 2 is 2.09 bits per heavy atom. The summed E-state index contributed by atoms with van der Waals surface area (Å²) in [4.78, 5) is 23.0. The molecule has 0 bridgehead atoms. The molecule has 2 aromatic rings. The maximum Gasteiger partial charge on any atom is 0.273 e. The van der Waals surface area contributed by atoms with Crippen LogP contribution < -0.4 is 10.2 Å². The minimum atomic E-state index is -0.178. The lowest BCUT2D eigenvalue weighted by Gasteiger charge is -2.35. The molecule has 1 aliphatic carbocycles. The lowest BCUT2D eigenvalue weighted by Crippen LogP contribution is -2.43. The van der Waals surface area contributed by atoms with Gasteiger partial charge in [0, 0.05) is 36.8 Å². The lowest BCUT2D eigenvalue weighted by atomic mass is 9.78. The van der Waals surface area contributed by atoms with E-state index in [1.807, 2.05) is 0 Å². The van der Waals surface area contributed by atoms with Crippen LogP contribution in [0.3, 0.4) is 0 Å². The molecule has 2 fully saturated rings. The van der Waals surface area contributed by atoms with Gasteiger partial charge >= 0.3 is 0 Å². The Morgan fingerprint density at radius 1 is 1.26 bits per heavy atom. The van der Waals surface area contributed by atoms with Gasteiger partial charge in [0.15, 0.2) is 5.69 Å². The summed E-state index contributed by atoms with van der Waals surface area (Å²) in [6.45, 7) is 2.16. The molecule has 4 rings (SSSR count). The summed E-state index contributed by atoms with van der Waals surface area (Å²) in [5, 5.41) is 12.9. The van der Waals surface area contributed by atoms with Crippen LogP contribution in [0.4, 0.5) is 5.82 Å². The Balaban J connectivity index is 1.34. The second kappa shape index (κ2) is 5.94. The third kappa shape index (κ3) is 2.88. The van der Waals surface area contributed by atoms with Crippen molar-refractivity contribution in [1.82, 2.24) is 30.7 Å². The molecule has 1 aliphatic heterocycles. The summed E-state index contributed by atoms with van der Waals surface area (Å²) in [5.74, 6) is 1.24. The Labute approximate surface area is 133 Å². The quantitative estimate of drug-likeness (QED) is 0.869. The second-order valence-corrected chi connectivity index (χ2v) is 6.19. The van der Waals surface area contributed by atoms with Gasteiger partial charge in [0.05, 0.1) is 6.20 Å². The van der Waals surface area contributed by atoms with Gasteiger partial charge in [0.1, 0.15) is 12.1 Å². The van der Waals surface area contributed by atoms with Crippen LogP contribution in [0, 0.1) is 0 Å². The predicted molar refractivity (Wildman–Crippen MR) is 83.1 cm³/mol. The molecule has 2 aromatic heterocycles. The highest BCUT2D eigenvalue weighted by Crippen LogP contribution is 2.36. The predicted octanol–water partition coefficient (Wildman–Crippen LogP) is 0.871. The van der Waals surface area contributed by atoms with Crippen LogP contribution >= 0.6 is 0 Å². The van der Waals surface area contributed by atoms with Crippen LogP contribution in [0.25, 0.3) is 0 Å². The summed E-state index contributed by atoms with van der Waals surface area (Å²) < 4.78 is 0. The highest BCUT2D eigenvalue weighted by atomic mass is 16.2. The highest BCUT2D eigenvalue weighted by molar-refractivity contribution is 5.92. The lowest BCUT2D eigenvalue weighted by molar-refractivity contribution is 0.0903. The molecule has 0 unspecified atom stereocenters. The number of H-pyrrole nitrogens is 1. The number of nitrogens with zero attached hydrogens (tertiary/aromatic N) is 5. The van der Waals surface area contributed by atoms with E-state index in [-0.39, 0.29) is 11.9 Å². The van der Waals surface area contributed by atoms with Crippen molar-refractivity contribution in [2.45, 2.75) is 37.6 Å². The smallest absolute Gasteiger partial charge is 0.273 e. The molecule has 1 saturated heterocycles. The van der Waals surface area contributed by atoms with Crippen molar-refractivity contribution >= 4 is 11.7 Å². The van der Waals surface area contributed by atoms with Crippen molar-refractivity contribution in [3.05, 3.63) is 30.0 Å². The van der Waals surface area contributed by atoms with E-state index in [0.717, 1.165) is 37.4 Å². The maximum atomic E-state index is 11.9. The van der Waals surface area contributed by atoms with E-state index in [9.17, 15) is 4.79 Å². The zero-order chi connectivity index (χ0) is 15.6. The van der Waals surface area contributed by atoms with Crippen LogP contribution in [-0.4, -0.2) is 50.4 Å². The number of carbonyl (C=O) groups is 1. The van der Waals surface area contributed by atoms with Crippen molar-refractivity contribution in [3.63, 3.8) is 0 Å². The Bertz CT molecular complexity index is 675. The first kappa shape index (κ1) is 14.1. The molecule has 120 valence electrons. The minimum Gasteiger partial charge on any atom is -0.357 e. The summed E-state index contributed by atoms with van der Waals surface area (Å²) in [6, 6.07) is 2.28. The van der Waals surface area contributed by atoms with Gasteiger partial charge in [-0.1, -0.05) is 0 Å². The van der Waals surface area contributed by atoms with E-state index in [1.54, 1.807) is 6.33 Å². The van der Waals surface area contributed by atoms with Crippen molar-refractivity contribution in [3.8, 4) is 0 Å². The van der Waals surface area contributed by atoms with Crippen molar-refractivity contribution < 1.29 is 4.79 Å². The molecule has 8 nitrogen and oxygen atoms in total. The normalized spacial score (nSPS) is 23.6. The van der Waals surface area contributed by atoms with Crippen molar-refractivity contribution in [2.24, 2.45) is 0 Å². The summed E-state index contributed by atoms with van der Waals surface area (Å²) in [5.41, 5.74) is 1.40. The highest BCUT2D eigenvalue weighted by Gasteiger charge is 2.33. The van der Waals surface area contributed by atoms with Gasteiger partial charge in [0.2, 0.25) is 0 Å². The van der Waals surface area contributed by atoms with Gasteiger partial charge in [-0.15, -0.1) is 0 Å². The average Bonchev–Trinajstić information content (AvgIpc) is 3.23. The number of anilines is 1. The monoisotopic (exact) mass is 313 g/mol. The van der Waals surface area contributed by atoms with Gasteiger partial charge in [-0.05, 0) is 25.7 Å². The molecular weight excluding hydrogens is 294 g/mol. The summed E-state index contributed by atoms with van der Waals surface area (Å²) in [7, 11) is 0. The zero-order valence-corrected chi connectivity index (χ0v) is 12.8. The van der Waals surface area contributed by atoms with Crippen LogP contribution in [0.1, 0.15) is 47.8 Å². The van der Waals surface area contributed by atoms with E-state index in [4.69, 9.17) is 0 Å². The average molecular weight is 313 g/mol. The summed E-state index contributed by atoms with van der Waals surface area (Å²) >= 11 is 0. The first-order valence-corrected chi connectivity index (χ1v) is 8.03. The number of rotatable bonds is 4. The van der Waals surface area contributed by atoms with Gasteiger partial charge in [-0.3, -0.25) is 4.79 Å². The van der Waals surface area contributed by atoms with Gasteiger partial charge in [-0.25, -0.2) is 9.97 Å². The molecule has 1 saturated carbocycles. The largest absolute Gasteiger partial charge is 0.357 e. The number of hydrogen-bond acceptors (Lipinski definition) is 6. The number of nitrogens with one attached hydrogen (secondary N) is 2. The fourth-order valence-corrected chi connectivity index (χ4v) is 3.25.